The number of ketones is 1. The van der Waals surface area contributed by atoms with Crippen LogP contribution >= 0.6 is 0 Å². The standard InChI is InChI=1S/C18H20N2O2/c1-12(2)11-17(21)13-7-9-14(10-8-13)18(22)20-16-6-4-3-5-15(16)19/h3-10,12H,11,19H2,1-2H3,(H,20,22). The van der Waals surface area contributed by atoms with E-state index in [1.165, 1.54) is 0 Å². The maximum absolute atomic E-state index is 12.2. The van der Waals surface area contributed by atoms with Crippen molar-refractivity contribution in [1.82, 2.24) is 0 Å². The van der Waals surface area contributed by atoms with E-state index < -0.39 is 0 Å². The summed E-state index contributed by atoms with van der Waals surface area (Å²) in [6.07, 6.45) is 0.506. The fourth-order valence-corrected chi connectivity index (χ4v) is 2.10. The number of carbonyl (C=O) groups excluding carboxylic acids is 2. The highest BCUT2D eigenvalue weighted by Crippen LogP contribution is 2.18. The molecule has 0 atom stereocenters. The first-order valence-electron chi connectivity index (χ1n) is 7.26. The molecule has 0 aliphatic rings. The number of nitrogens with one attached hydrogen (secondary N) is 1. The van der Waals surface area contributed by atoms with Crippen molar-refractivity contribution >= 4 is 23.1 Å². The Kier molecular flexibility index (Phi) is 4.94. The summed E-state index contributed by atoms with van der Waals surface area (Å²) in [6.45, 7) is 4.01. The van der Waals surface area contributed by atoms with Gasteiger partial charge in [0.05, 0.1) is 11.4 Å². The van der Waals surface area contributed by atoms with Gasteiger partial charge in [-0.2, -0.15) is 0 Å². The monoisotopic (exact) mass is 296 g/mol. The first-order valence-corrected chi connectivity index (χ1v) is 7.26. The molecule has 2 aromatic carbocycles. The zero-order valence-corrected chi connectivity index (χ0v) is 12.8. The van der Waals surface area contributed by atoms with Crippen molar-refractivity contribution in [3.63, 3.8) is 0 Å². The lowest BCUT2D eigenvalue weighted by atomic mass is 10.0. The van der Waals surface area contributed by atoms with E-state index in [0.717, 1.165) is 0 Å². The molecule has 114 valence electrons. The van der Waals surface area contributed by atoms with Crippen LogP contribution in [0.4, 0.5) is 11.4 Å². The Bertz CT molecular complexity index is 676. The minimum absolute atomic E-state index is 0.0919. The molecule has 3 N–H and O–H groups in total. The van der Waals surface area contributed by atoms with E-state index in [0.29, 0.717) is 34.8 Å². The third-order valence-corrected chi connectivity index (χ3v) is 3.27. The number of Topliss-reactive ketones (excluding diaryl/α,β-unsaturated/α-hetero) is 1. The van der Waals surface area contributed by atoms with Gasteiger partial charge in [0.25, 0.3) is 5.91 Å². The molecule has 0 spiro atoms. The number of carbonyl (C=O) groups is 2. The fraction of sp³-hybridized carbons (Fsp3) is 0.222. The van der Waals surface area contributed by atoms with Crippen LogP contribution in [0.1, 0.15) is 41.0 Å². The van der Waals surface area contributed by atoms with E-state index >= 15 is 0 Å². The lowest BCUT2D eigenvalue weighted by Gasteiger charge is -2.08. The average Bonchev–Trinajstić information content (AvgIpc) is 2.49. The van der Waals surface area contributed by atoms with Gasteiger partial charge in [0.15, 0.2) is 5.78 Å². The van der Waals surface area contributed by atoms with Crippen LogP contribution in [0.15, 0.2) is 48.5 Å². The second kappa shape index (κ2) is 6.89. The van der Waals surface area contributed by atoms with Gasteiger partial charge in [-0.05, 0) is 30.2 Å². The first kappa shape index (κ1) is 15.8. The highest BCUT2D eigenvalue weighted by Gasteiger charge is 2.11. The average molecular weight is 296 g/mol. The van der Waals surface area contributed by atoms with Crippen LogP contribution in [0.2, 0.25) is 0 Å². The van der Waals surface area contributed by atoms with Crippen LogP contribution in [0.5, 0.6) is 0 Å². The van der Waals surface area contributed by atoms with Gasteiger partial charge >= 0.3 is 0 Å². The van der Waals surface area contributed by atoms with Crippen LogP contribution in [-0.2, 0) is 0 Å². The Labute approximate surface area is 130 Å². The van der Waals surface area contributed by atoms with Gasteiger partial charge in [0.2, 0.25) is 0 Å². The first-order chi connectivity index (χ1) is 10.5. The van der Waals surface area contributed by atoms with Gasteiger partial charge in [0, 0.05) is 17.5 Å². The highest BCUT2D eigenvalue weighted by atomic mass is 16.1. The number of benzene rings is 2. The lowest BCUT2D eigenvalue weighted by Crippen LogP contribution is -2.13. The van der Waals surface area contributed by atoms with Crippen molar-refractivity contribution in [2.75, 3.05) is 11.1 Å². The van der Waals surface area contributed by atoms with E-state index in [4.69, 9.17) is 5.73 Å². The smallest absolute Gasteiger partial charge is 0.255 e. The molecular weight excluding hydrogens is 276 g/mol. The number of para-hydroxylation sites is 2. The topological polar surface area (TPSA) is 72.2 Å². The number of nitrogen functional groups attached to an aromatic ring is 1. The lowest BCUT2D eigenvalue weighted by molar-refractivity contribution is 0.0965. The van der Waals surface area contributed by atoms with E-state index in [9.17, 15) is 9.59 Å². The zero-order chi connectivity index (χ0) is 16.1. The molecule has 22 heavy (non-hydrogen) atoms. The normalized spacial score (nSPS) is 10.5. The molecule has 0 aliphatic heterocycles. The zero-order valence-electron chi connectivity index (χ0n) is 12.8. The predicted molar refractivity (Wildman–Crippen MR) is 89.0 cm³/mol. The number of rotatable bonds is 5. The van der Waals surface area contributed by atoms with Gasteiger partial charge in [-0.25, -0.2) is 0 Å². The van der Waals surface area contributed by atoms with Crippen molar-refractivity contribution in [2.24, 2.45) is 5.92 Å². The Morgan fingerprint density at radius 1 is 1.00 bits per heavy atom. The molecule has 0 unspecified atom stereocenters. The number of amides is 1. The molecule has 0 aliphatic carbocycles. The SMILES string of the molecule is CC(C)CC(=O)c1ccc(C(=O)Nc2ccccc2N)cc1. The molecule has 2 rings (SSSR count). The van der Waals surface area contributed by atoms with Crippen molar-refractivity contribution in [1.29, 1.82) is 0 Å². The van der Waals surface area contributed by atoms with E-state index in [1.54, 1.807) is 48.5 Å². The predicted octanol–water partition coefficient (Wildman–Crippen LogP) is 3.75. The van der Waals surface area contributed by atoms with Crippen molar-refractivity contribution in [3.05, 3.63) is 59.7 Å². The van der Waals surface area contributed by atoms with Crippen molar-refractivity contribution in [2.45, 2.75) is 20.3 Å². The Morgan fingerprint density at radius 3 is 2.18 bits per heavy atom. The second-order valence-electron chi connectivity index (χ2n) is 5.64. The number of hydrogen-bond acceptors (Lipinski definition) is 3. The quantitative estimate of drug-likeness (QED) is 0.652. The van der Waals surface area contributed by atoms with Crippen LogP contribution in [-0.4, -0.2) is 11.7 Å². The maximum atomic E-state index is 12.2. The maximum Gasteiger partial charge on any atom is 0.255 e. The van der Waals surface area contributed by atoms with Crippen molar-refractivity contribution in [3.8, 4) is 0 Å². The minimum Gasteiger partial charge on any atom is -0.397 e. The molecule has 0 aromatic heterocycles. The van der Waals surface area contributed by atoms with Crippen LogP contribution in [0.3, 0.4) is 0 Å². The summed E-state index contributed by atoms with van der Waals surface area (Å²) in [5.74, 6) is 0.159. The fourth-order valence-electron chi connectivity index (χ4n) is 2.10. The summed E-state index contributed by atoms with van der Waals surface area (Å²) < 4.78 is 0. The second-order valence-corrected chi connectivity index (χ2v) is 5.64. The van der Waals surface area contributed by atoms with Crippen molar-refractivity contribution < 1.29 is 9.59 Å². The molecule has 1 amide bonds. The number of nitrogens with two attached hydrogens (primary N) is 1. The van der Waals surface area contributed by atoms with E-state index in [2.05, 4.69) is 5.32 Å². The summed E-state index contributed by atoms with van der Waals surface area (Å²) in [5, 5.41) is 2.76. The summed E-state index contributed by atoms with van der Waals surface area (Å²) in [7, 11) is 0. The molecule has 0 fully saturated rings. The van der Waals surface area contributed by atoms with Gasteiger partial charge in [-0.1, -0.05) is 38.1 Å². The summed E-state index contributed by atoms with van der Waals surface area (Å²) in [5.41, 5.74) is 8.01. The van der Waals surface area contributed by atoms with Crippen LogP contribution in [0, 0.1) is 5.92 Å². The molecule has 0 radical (unpaired) electrons. The van der Waals surface area contributed by atoms with Gasteiger partial charge in [-0.3, -0.25) is 9.59 Å². The molecule has 0 saturated carbocycles. The molecule has 2 aromatic rings. The third-order valence-electron chi connectivity index (χ3n) is 3.27. The molecule has 4 nitrogen and oxygen atoms in total. The molecule has 0 heterocycles. The molecule has 4 heteroatoms. The summed E-state index contributed by atoms with van der Waals surface area (Å²) in [6, 6.07) is 13.8. The largest absolute Gasteiger partial charge is 0.397 e. The Morgan fingerprint density at radius 2 is 1.59 bits per heavy atom. The van der Waals surface area contributed by atoms with Gasteiger partial charge < -0.3 is 11.1 Å². The van der Waals surface area contributed by atoms with Crippen LogP contribution < -0.4 is 11.1 Å². The third kappa shape index (κ3) is 3.95. The van der Waals surface area contributed by atoms with E-state index in [1.807, 2.05) is 13.8 Å². The molecule has 0 saturated heterocycles. The Hall–Kier alpha value is -2.62. The summed E-state index contributed by atoms with van der Waals surface area (Å²) >= 11 is 0. The number of anilines is 2. The van der Waals surface area contributed by atoms with E-state index in [-0.39, 0.29) is 11.7 Å². The minimum atomic E-state index is -0.249. The Balaban J connectivity index is 2.08. The van der Waals surface area contributed by atoms with Gasteiger partial charge in [0.1, 0.15) is 0 Å². The van der Waals surface area contributed by atoms with Crippen LogP contribution in [0.25, 0.3) is 0 Å². The highest BCUT2D eigenvalue weighted by molar-refractivity contribution is 6.06. The molecule has 0 bridgehead atoms. The number of hydrogen-bond donors (Lipinski definition) is 2. The molecular formula is C18H20N2O2. The summed E-state index contributed by atoms with van der Waals surface area (Å²) in [4.78, 5) is 24.1. The van der Waals surface area contributed by atoms with Gasteiger partial charge in [-0.15, -0.1) is 0 Å².